The van der Waals surface area contributed by atoms with Gasteiger partial charge in [0.15, 0.2) is 5.96 Å². The van der Waals surface area contributed by atoms with Crippen LogP contribution in [0.5, 0.6) is 0 Å². The average molecular weight is 346 g/mol. The van der Waals surface area contributed by atoms with E-state index in [0.29, 0.717) is 0 Å². The standard InChI is InChI=1S/C20H35N5/c1-4-21-20(23-18(2)19-10-6-5-7-11-19)22-12-8-9-13-25-16-14-24(3)15-17-25/h5-7,10-11,18H,4,8-9,12-17H2,1-3H3,(H2,21,22,23). The monoisotopic (exact) mass is 345 g/mol. The van der Waals surface area contributed by atoms with E-state index in [9.17, 15) is 0 Å². The summed E-state index contributed by atoms with van der Waals surface area (Å²) in [6, 6.07) is 10.8. The molecular weight excluding hydrogens is 310 g/mol. The Balaban J connectivity index is 1.70. The summed E-state index contributed by atoms with van der Waals surface area (Å²) in [6.45, 7) is 12.1. The van der Waals surface area contributed by atoms with Gasteiger partial charge in [-0.3, -0.25) is 4.99 Å². The summed E-state index contributed by atoms with van der Waals surface area (Å²) in [5, 5.41) is 6.85. The summed E-state index contributed by atoms with van der Waals surface area (Å²) >= 11 is 0. The molecule has 0 radical (unpaired) electrons. The van der Waals surface area contributed by atoms with Crippen LogP contribution in [0.25, 0.3) is 0 Å². The van der Waals surface area contributed by atoms with Crippen molar-refractivity contribution in [1.29, 1.82) is 0 Å². The zero-order chi connectivity index (χ0) is 17.9. The van der Waals surface area contributed by atoms with Gasteiger partial charge in [-0.2, -0.15) is 0 Å². The fraction of sp³-hybridized carbons (Fsp3) is 0.650. The minimum Gasteiger partial charge on any atom is -0.357 e. The van der Waals surface area contributed by atoms with E-state index in [1.54, 1.807) is 0 Å². The van der Waals surface area contributed by atoms with Gasteiger partial charge in [-0.05, 0) is 45.8 Å². The number of likely N-dealkylation sites (N-methyl/N-ethyl adjacent to an activating group) is 1. The third-order valence-electron chi connectivity index (χ3n) is 4.75. The van der Waals surface area contributed by atoms with Crippen molar-refractivity contribution in [3.63, 3.8) is 0 Å². The van der Waals surface area contributed by atoms with E-state index in [0.717, 1.165) is 25.5 Å². The molecule has 0 bridgehead atoms. The Hall–Kier alpha value is -1.59. The smallest absolute Gasteiger partial charge is 0.191 e. The zero-order valence-electron chi connectivity index (χ0n) is 16.2. The minimum absolute atomic E-state index is 0.254. The molecule has 1 saturated heterocycles. The molecule has 140 valence electrons. The lowest BCUT2D eigenvalue weighted by molar-refractivity contribution is 0.152. The maximum atomic E-state index is 4.74. The first-order valence-electron chi connectivity index (χ1n) is 9.69. The van der Waals surface area contributed by atoms with E-state index in [1.165, 1.54) is 44.7 Å². The van der Waals surface area contributed by atoms with E-state index < -0.39 is 0 Å². The molecule has 5 heteroatoms. The molecule has 5 nitrogen and oxygen atoms in total. The van der Waals surface area contributed by atoms with Crippen LogP contribution in [0.3, 0.4) is 0 Å². The first-order valence-corrected chi connectivity index (χ1v) is 9.69. The van der Waals surface area contributed by atoms with Crippen LogP contribution in [0, 0.1) is 0 Å². The Morgan fingerprint density at radius 1 is 1.12 bits per heavy atom. The van der Waals surface area contributed by atoms with Gasteiger partial charge in [-0.25, -0.2) is 0 Å². The van der Waals surface area contributed by atoms with Crippen molar-refractivity contribution in [1.82, 2.24) is 20.4 Å². The van der Waals surface area contributed by atoms with Crippen molar-refractivity contribution in [2.75, 3.05) is 52.9 Å². The van der Waals surface area contributed by atoms with Gasteiger partial charge < -0.3 is 20.4 Å². The predicted molar refractivity (Wildman–Crippen MR) is 107 cm³/mol. The van der Waals surface area contributed by atoms with E-state index in [4.69, 9.17) is 4.99 Å². The fourth-order valence-corrected chi connectivity index (χ4v) is 3.06. The molecule has 0 aromatic heterocycles. The number of hydrogen-bond acceptors (Lipinski definition) is 3. The van der Waals surface area contributed by atoms with E-state index >= 15 is 0 Å². The van der Waals surface area contributed by atoms with E-state index in [2.05, 4.69) is 71.7 Å². The molecule has 0 saturated carbocycles. The molecule has 1 atom stereocenters. The SMILES string of the molecule is CCNC(=NCCCCN1CCN(C)CC1)NC(C)c1ccccc1. The van der Waals surface area contributed by atoms with Crippen LogP contribution in [-0.4, -0.2) is 68.6 Å². The van der Waals surface area contributed by atoms with Crippen LogP contribution < -0.4 is 10.6 Å². The summed E-state index contributed by atoms with van der Waals surface area (Å²) in [5.41, 5.74) is 1.28. The molecule has 1 aliphatic rings. The molecule has 2 N–H and O–H groups in total. The summed E-state index contributed by atoms with van der Waals surface area (Å²) in [5.74, 6) is 0.915. The van der Waals surface area contributed by atoms with Crippen molar-refractivity contribution in [2.24, 2.45) is 4.99 Å². The highest BCUT2D eigenvalue weighted by Crippen LogP contribution is 2.10. The Morgan fingerprint density at radius 3 is 2.52 bits per heavy atom. The van der Waals surface area contributed by atoms with Gasteiger partial charge in [0.2, 0.25) is 0 Å². The van der Waals surface area contributed by atoms with Gasteiger partial charge in [0, 0.05) is 39.3 Å². The molecule has 25 heavy (non-hydrogen) atoms. The second-order valence-corrected chi connectivity index (χ2v) is 6.89. The van der Waals surface area contributed by atoms with Crippen molar-refractivity contribution in [3.8, 4) is 0 Å². The van der Waals surface area contributed by atoms with Crippen molar-refractivity contribution >= 4 is 5.96 Å². The van der Waals surface area contributed by atoms with Gasteiger partial charge in [0.05, 0.1) is 6.04 Å². The second-order valence-electron chi connectivity index (χ2n) is 6.89. The Labute approximate surface area is 153 Å². The fourth-order valence-electron chi connectivity index (χ4n) is 3.06. The lowest BCUT2D eigenvalue weighted by Gasteiger charge is -2.32. The van der Waals surface area contributed by atoms with Crippen molar-refractivity contribution in [2.45, 2.75) is 32.7 Å². The number of nitrogens with one attached hydrogen (secondary N) is 2. The number of piperazine rings is 1. The molecular formula is C20H35N5. The topological polar surface area (TPSA) is 42.9 Å². The molecule has 1 fully saturated rings. The first-order chi connectivity index (χ1) is 12.2. The summed E-state index contributed by atoms with van der Waals surface area (Å²) in [4.78, 5) is 9.72. The lowest BCUT2D eigenvalue weighted by atomic mass is 10.1. The summed E-state index contributed by atoms with van der Waals surface area (Å²) in [7, 11) is 2.21. The molecule has 0 spiro atoms. The van der Waals surface area contributed by atoms with Crippen LogP contribution in [0.2, 0.25) is 0 Å². The maximum absolute atomic E-state index is 4.74. The Bertz CT molecular complexity index is 494. The molecule has 1 heterocycles. The Kier molecular flexibility index (Phi) is 8.77. The number of aliphatic imine (C=N–C) groups is 1. The second kappa shape index (κ2) is 11.1. The molecule has 1 aromatic rings. The van der Waals surface area contributed by atoms with E-state index in [-0.39, 0.29) is 6.04 Å². The Morgan fingerprint density at radius 2 is 1.84 bits per heavy atom. The number of unbranched alkanes of at least 4 members (excludes halogenated alkanes) is 1. The highest BCUT2D eigenvalue weighted by molar-refractivity contribution is 5.80. The number of guanidine groups is 1. The van der Waals surface area contributed by atoms with Gasteiger partial charge in [-0.15, -0.1) is 0 Å². The number of benzene rings is 1. The maximum Gasteiger partial charge on any atom is 0.191 e. The lowest BCUT2D eigenvalue weighted by Crippen LogP contribution is -2.44. The van der Waals surface area contributed by atoms with Crippen LogP contribution in [0.4, 0.5) is 0 Å². The molecule has 1 unspecified atom stereocenters. The van der Waals surface area contributed by atoms with Gasteiger partial charge in [0.1, 0.15) is 0 Å². The van der Waals surface area contributed by atoms with Crippen molar-refractivity contribution in [3.05, 3.63) is 35.9 Å². The van der Waals surface area contributed by atoms with Gasteiger partial charge in [0.25, 0.3) is 0 Å². The highest BCUT2D eigenvalue weighted by Gasteiger charge is 2.12. The molecule has 2 rings (SSSR count). The summed E-state index contributed by atoms with van der Waals surface area (Å²) < 4.78 is 0. The van der Waals surface area contributed by atoms with Crippen LogP contribution in [0.1, 0.15) is 38.3 Å². The highest BCUT2D eigenvalue weighted by atomic mass is 15.2. The number of hydrogen-bond donors (Lipinski definition) is 2. The normalized spacial score (nSPS) is 18.1. The largest absolute Gasteiger partial charge is 0.357 e. The number of rotatable bonds is 8. The molecule has 1 aliphatic heterocycles. The molecule has 0 amide bonds. The van der Waals surface area contributed by atoms with Crippen LogP contribution in [-0.2, 0) is 0 Å². The first kappa shape index (κ1) is 19.7. The average Bonchev–Trinajstić information content (AvgIpc) is 2.63. The minimum atomic E-state index is 0.254. The third kappa shape index (κ3) is 7.45. The molecule has 0 aliphatic carbocycles. The predicted octanol–water partition coefficient (Wildman–Crippen LogP) is 2.33. The summed E-state index contributed by atoms with van der Waals surface area (Å²) in [6.07, 6.45) is 2.36. The van der Waals surface area contributed by atoms with Gasteiger partial charge >= 0.3 is 0 Å². The van der Waals surface area contributed by atoms with Gasteiger partial charge in [-0.1, -0.05) is 30.3 Å². The van der Waals surface area contributed by atoms with Crippen LogP contribution in [0.15, 0.2) is 35.3 Å². The zero-order valence-corrected chi connectivity index (χ0v) is 16.2. The quantitative estimate of drug-likeness (QED) is 0.431. The number of nitrogens with zero attached hydrogens (tertiary/aromatic N) is 3. The van der Waals surface area contributed by atoms with Crippen LogP contribution >= 0.6 is 0 Å². The van der Waals surface area contributed by atoms with Crippen molar-refractivity contribution < 1.29 is 0 Å². The molecule has 1 aromatic carbocycles. The third-order valence-corrected chi connectivity index (χ3v) is 4.75. The van der Waals surface area contributed by atoms with E-state index in [1.807, 2.05) is 0 Å².